The highest BCUT2D eigenvalue weighted by atomic mass is 79.9. The molecule has 0 unspecified atom stereocenters. The molecular weight excluding hydrogens is 384 g/mol. The molecule has 0 aliphatic rings. The van der Waals surface area contributed by atoms with Crippen LogP contribution in [-0.2, 0) is 4.79 Å². The van der Waals surface area contributed by atoms with Gasteiger partial charge in [0.1, 0.15) is 5.75 Å². The van der Waals surface area contributed by atoms with Crippen LogP contribution >= 0.6 is 15.9 Å². The lowest BCUT2D eigenvalue weighted by molar-refractivity contribution is -0.118. The number of hydrogen-bond donors (Lipinski definition) is 1. The molecule has 132 valence electrons. The van der Waals surface area contributed by atoms with Crippen molar-refractivity contribution in [3.63, 3.8) is 0 Å². The average molecular weight is 405 g/mol. The second-order valence-electron chi connectivity index (χ2n) is 5.35. The summed E-state index contributed by atoms with van der Waals surface area (Å²) in [6, 6.07) is 14.1. The van der Waals surface area contributed by atoms with Gasteiger partial charge in [-0.3, -0.25) is 9.59 Å². The van der Waals surface area contributed by atoms with E-state index in [0.717, 1.165) is 4.47 Å². The number of ether oxygens (including phenoxy) is 1. The minimum Gasteiger partial charge on any atom is -0.484 e. The van der Waals surface area contributed by atoms with Crippen molar-refractivity contribution in [1.29, 1.82) is 0 Å². The predicted octanol–water partition coefficient (Wildman–Crippen LogP) is 3.95. The summed E-state index contributed by atoms with van der Waals surface area (Å²) >= 11 is 3.34. The maximum Gasteiger partial charge on any atom is 0.262 e. The quantitative estimate of drug-likeness (QED) is 0.759. The number of anilines is 1. The molecule has 0 fully saturated rings. The summed E-state index contributed by atoms with van der Waals surface area (Å²) in [6.45, 7) is 5.15. The summed E-state index contributed by atoms with van der Waals surface area (Å²) in [6.07, 6.45) is 0. The average Bonchev–Trinajstić information content (AvgIpc) is 2.63. The molecule has 25 heavy (non-hydrogen) atoms. The van der Waals surface area contributed by atoms with Crippen molar-refractivity contribution >= 4 is 33.4 Å². The zero-order valence-corrected chi connectivity index (χ0v) is 15.9. The van der Waals surface area contributed by atoms with E-state index in [0.29, 0.717) is 30.1 Å². The van der Waals surface area contributed by atoms with E-state index in [9.17, 15) is 9.59 Å². The van der Waals surface area contributed by atoms with Gasteiger partial charge in [-0.15, -0.1) is 0 Å². The van der Waals surface area contributed by atoms with E-state index in [-0.39, 0.29) is 18.4 Å². The van der Waals surface area contributed by atoms with Crippen molar-refractivity contribution in [2.75, 3.05) is 25.0 Å². The van der Waals surface area contributed by atoms with Crippen molar-refractivity contribution in [3.05, 3.63) is 58.6 Å². The maximum atomic E-state index is 12.2. The van der Waals surface area contributed by atoms with Gasteiger partial charge in [-0.25, -0.2) is 0 Å². The number of nitrogens with zero attached hydrogens (tertiary/aromatic N) is 1. The fourth-order valence-electron chi connectivity index (χ4n) is 2.27. The first kappa shape index (κ1) is 19.0. The smallest absolute Gasteiger partial charge is 0.262 e. The molecular formula is C19H21BrN2O3. The van der Waals surface area contributed by atoms with Gasteiger partial charge >= 0.3 is 0 Å². The van der Waals surface area contributed by atoms with E-state index in [1.165, 1.54) is 0 Å². The van der Waals surface area contributed by atoms with Crippen LogP contribution in [0.4, 0.5) is 5.69 Å². The first-order chi connectivity index (χ1) is 12.0. The number of nitrogens with one attached hydrogen (secondary N) is 1. The predicted molar refractivity (Wildman–Crippen MR) is 102 cm³/mol. The topological polar surface area (TPSA) is 58.6 Å². The number of hydrogen-bond acceptors (Lipinski definition) is 3. The highest BCUT2D eigenvalue weighted by Gasteiger charge is 2.12. The maximum absolute atomic E-state index is 12.2. The Morgan fingerprint density at radius 3 is 2.16 bits per heavy atom. The molecule has 0 atom stereocenters. The summed E-state index contributed by atoms with van der Waals surface area (Å²) in [5.41, 5.74) is 1.23. The van der Waals surface area contributed by atoms with E-state index in [1.807, 2.05) is 26.0 Å². The first-order valence-electron chi connectivity index (χ1n) is 8.11. The fraction of sp³-hybridized carbons (Fsp3) is 0.263. The Morgan fingerprint density at radius 2 is 1.60 bits per heavy atom. The van der Waals surface area contributed by atoms with Crippen LogP contribution in [0.1, 0.15) is 24.2 Å². The van der Waals surface area contributed by atoms with Crippen molar-refractivity contribution in [3.8, 4) is 5.75 Å². The van der Waals surface area contributed by atoms with Gasteiger partial charge < -0.3 is 15.0 Å². The second-order valence-corrected chi connectivity index (χ2v) is 6.26. The molecule has 0 aromatic heterocycles. The van der Waals surface area contributed by atoms with Crippen molar-refractivity contribution < 1.29 is 14.3 Å². The minimum absolute atomic E-state index is 0.0125. The van der Waals surface area contributed by atoms with Crippen molar-refractivity contribution in [2.24, 2.45) is 0 Å². The van der Waals surface area contributed by atoms with E-state index in [4.69, 9.17) is 4.74 Å². The van der Waals surface area contributed by atoms with Gasteiger partial charge in [-0.2, -0.15) is 0 Å². The summed E-state index contributed by atoms with van der Waals surface area (Å²) in [5, 5.41) is 2.75. The van der Waals surface area contributed by atoms with Crippen LogP contribution in [0.15, 0.2) is 53.0 Å². The molecule has 5 nitrogen and oxygen atoms in total. The third-order valence-corrected chi connectivity index (χ3v) is 4.18. The molecule has 2 amide bonds. The van der Waals surface area contributed by atoms with Gasteiger partial charge in [0.05, 0.1) is 0 Å². The molecule has 1 N–H and O–H groups in total. The van der Waals surface area contributed by atoms with Gasteiger partial charge in [-0.05, 0) is 62.4 Å². The van der Waals surface area contributed by atoms with Gasteiger partial charge in [0.25, 0.3) is 11.8 Å². The Labute approximate surface area is 156 Å². The van der Waals surface area contributed by atoms with E-state index >= 15 is 0 Å². The molecule has 2 rings (SSSR count). The molecule has 6 heteroatoms. The summed E-state index contributed by atoms with van der Waals surface area (Å²) in [7, 11) is 0. The highest BCUT2D eigenvalue weighted by Crippen LogP contribution is 2.16. The lowest BCUT2D eigenvalue weighted by Crippen LogP contribution is -2.30. The Balaban J connectivity index is 1.88. The van der Waals surface area contributed by atoms with Crippen molar-refractivity contribution in [2.45, 2.75) is 13.8 Å². The first-order valence-corrected chi connectivity index (χ1v) is 8.90. The molecule has 0 radical (unpaired) electrons. The number of carbonyl (C=O) groups is 2. The van der Waals surface area contributed by atoms with Crippen molar-refractivity contribution in [1.82, 2.24) is 4.90 Å². The van der Waals surface area contributed by atoms with E-state index in [1.54, 1.807) is 41.3 Å². The summed E-state index contributed by atoms with van der Waals surface area (Å²) < 4.78 is 6.37. The van der Waals surface area contributed by atoms with Gasteiger partial charge in [-0.1, -0.05) is 15.9 Å². The Morgan fingerprint density at radius 1 is 1.00 bits per heavy atom. The monoisotopic (exact) mass is 404 g/mol. The van der Waals surface area contributed by atoms with Gasteiger partial charge in [0.15, 0.2) is 6.61 Å². The number of halogens is 1. The fourth-order valence-corrected chi connectivity index (χ4v) is 2.53. The lowest BCUT2D eigenvalue weighted by Gasteiger charge is -2.18. The number of benzene rings is 2. The normalized spacial score (nSPS) is 10.2. The molecule has 2 aromatic carbocycles. The van der Waals surface area contributed by atoms with Crippen LogP contribution in [0.25, 0.3) is 0 Å². The molecule has 0 heterocycles. The molecule has 0 saturated carbocycles. The second kappa shape index (κ2) is 9.22. The third kappa shape index (κ3) is 5.60. The van der Waals surface area contributed by atoms with E-state index in [2.05, 4.69) is 21.2 Å². The van der Waals surface area contributed by atoms with E-state index < -0.39 is 0 Å². The molecule has 0 bridgehead atoms. The Kier molecular flexibility index (Phi) is 7.01. The Bertz CT molecular complexity index is 710. The highest BCUT2D eigenvalue weighted by molar-refractivity contribution is 9.10. The summed E-state index contributed by atoms with van der Waals surface area (Å²) in [5.74, 6) is 0.353. The Hall–Kier alpha value is -2.34. The van der Waals surface area contributed by atoms with Crippen LogP contribution in [0.5, 0.6) is 5.75 Å². The molecule has 0 saturated heterocycles. The number of rotatable bonds is 7. The number of amides is 2. The molecule has 2 aromatic rings. The molecule has 0 aliphatic carbocycles. The van der Waals surface area contributed by atoms with Crippen LogP contribution in [-0.4, -0.2) is 36.4 Å². The van der Waals surface area contributed by atoms with Crippen LogP contribution in [0.2, 0.25) is 0 Å². The lowest BCUT2D eigenvalue weighted by atomic mass is 10.2. The molecule has 0 spiro atoms. The van der Waals surface area contributed by atoms with Crippen LogP contribution < -0.4 is 10.1 Å². The standard InChI is InChI=1S/C19H21BrN2O3/c1-3-22(4-2)19(24)14-5-9-16(10-6-14)21-18(23)13-25-17-11-7-15(20)8-12-17/h5-12H,3-4,13H2,1-2H3,(H,21,23). The minimum atomic E-state index is -0.259. The third-order valence-electron chi connectivity index (χ3n) is 3.65. The van der Waals surface area contributed by atoms with Crippen LogP contribution in [0.3, 0.4) is 0 Å². The summed E-state index contributed by atoms with van der Waals surface area (Å²) in [4.78, 5) is 25.9. The zero-order chi connectivity index (χ0) is 18.2. The number of carbonyl (C=O) groups excluding carboxylic acids is 2. The zero-order valence-electron chi connectivity index (χ0n) is 14.3. The van der Waals surface area contributed by atoms with Gasteiger partial charge in [0.2, 0.25) is 0 Å². The van der Waals surface area contributed by atoms with Crippen LogP contribution in [0, 0.1) is 0 Å². The van der Waals surface area contributed by atoms with Gasteiger partial charge in [0, 0.05) is 28.8 Å². The largest absolute Gasteiger partial charge is 0.484 e. The molecule has 0 aliphatic heterocycles. The SMILES string of the molecule is CCN(CC)C(=O)c1ccc(NC(=O)COc2ccc(Br)cc2)cc1.